The minimum Gasteiger partial charge on any atom is -0.357 e. The Labute approximate surface area is 283 Å². The van der Waals surface area contributed by atoms with Gasteiger partial charge in [0.05, 0.1) is 23.1 Å². The van der Waals surface area contributed by atoms with Gasteiger partial charge in [-0.2, -0.15) is 0 Å². The standard InChI is InChI=1S/C46H40N2/c1-2-12-31(13-3-1)33-16-10-17-34(28-33)36-18-11-19-37(30-36)47-41-22-8-6-20-39(41)45-43(47)26-27-44-46(45)40-21-7-9-23-42(40)48(44)38-25-24-32-14-4-5-15-35(32)29-38/h1-9,11-15,18,20-23,25-30,32-33,37,39,41H,10,16-17,19,24H2. The molecule has 0 saturated heterocycles. The van der Waals surface area contributed by atoms with Crippen LogP contribution in [0.4, 0.5) is 5.69 Å². The summed E-state index contributed by atoms with van der Waals surface area (Å²) in [6, 6.07) is 25.6. The third-order valence-electron chi connectivity index (χ3n) is 11.6. The number of anilines is 1. The molecule has 5 unspecified atom stereocenters. The minimum atomic E-state index is 0.306. The van der Waals surface area contributed by atoms with E-state index in [9.17, 15) is 0 Å². The molecule has 0 bridgehead atoms. The van der Waals surface area contributed by atoms with Gasteiger partial charge in [0, 0.05) is 39.9 Å². The third-order valence-corrected chi connectivity index (χ3v) is 11.6. The highest BCUT2D eigenvalue weighted by molar-refractivity contribution is 6.14. The van der Waals surface area contributed by atoms with Crippen LogP contribution in [0, 0.1) is 5.92 Å². The van der Waals surface area contributed by atoms with Gasteiger partial charge in [-0.25, -0.2) is 0 Å². The van der Waals surface area contributed by atoms with Crippen molar-refractivity contribution in [1.82, 2.24) is 4.57 Å². The van der Waals surface area contributed by atoms with Crippen LogP contribution in [-0.4, -0.2) is 16.7 Å². The molecule has 2 nitrogen and oxygen atoms in total. The number of allylic oxidation sites excluding steroid dienone is 14. The highest BCUT2D eigenvalue weighted by atomic mass is 15.2. The Morgan fingerprint density at radius 3 is 2.54 bits per heavy atom. The van der Waals surface area contributed by atoms with E-state index >= 15 is 0 Å². The zero-order valence-electron chi connectivity index (χ0n) is 27.3. The van der Waals surface area contributed by atoms with Gasteiger partial charge in [-0.15, -0.1) is 0 Å². The molecule has 234 valence electrons. The first-order chi connectivity index (χ1) is 23.8. The summed E-state index contributed by atoms with van der Waals surface area (Å²) in [5.74, 6) is 1.31. The van der Waals surface area contributed by atoms with Crippen LogP contribution in [0.2, 0.25) is 0 Å². The fourth-order valence-electron chi connectivity index (χ4n) is 9.41. The fourth-order valence-corrected chi connectivity index (χ4v) is 9.41. The van der Waals surface area contributed by atoms with Crippen molar-refractivity contribution in [1.29, 1.82) is 0 Å². The number of hydrogen-bond donors (Lipinski definition) is 0. The Bertz CT molecular complexity index is 2240. The predicted molar refractivity (Wildman–Crippen MR) is 202 cm³/mol. The average Bonchev–Trinajstić information content (AvgIpc) is 3.68. The second kappa shape index (κ2) is 11.3. The maximum Gasteiger partial charge on any atom is 0.0587 e. The average molecular weight is 621 g/mol. The van der Waals surface area contributed by atoms with Crippen molar-refractivity contribution >= 4 is 33.2 Å². The molecular weight excluding hydrogens is 581 g/mol. The lowest BCUT2D eigenvalue weighted by atomic mass is 9.81. The lowest BCUT2D eigenvalue weighted by Crippen LogP contribution is -2.41. The second-order valence-corrected chi connectivity index (χ2v) is 14.2. The molecular formula is C46H40N2. The number of hydrogen-bond acceptors (Lipinski definition) is 1. The number of para-hydroxylation sites is 1. The van der Waals surface area contributed by atoms with Gasteiger partial charge in [0.15, 0.2) is 0 Å². The van der Waals surface area contributed by atoms with E-state index in [0.717, 1.165) is 19.3 Å². The third kappa shape index (κ3) is 4.39. The highest BCUT2D eigenvalue weighted by Gasteiger charge is 2.41. The zero-order chi connectivity index (χ0) is 31.6. The first-order valence-electron chi connectivity index (χ1n) is 17.9. The SMILES string of the molecule is C1=CC2=CC(n3c4ccccc4c4c5c(ccc43)N(C3C=C(C4=CC(c6ccccc6)CCC4)C=CC3)C3C=CC=CC53)=CCC2C=C1. The quantitative estimate of drug-likeness (QED) is 0.220. The number of nitrogens with zero attached hydrogens (tertiary/aromatic N) is 2. The predicted octanol–water partition coefficient (Wildman–Crippen LogP) is 11.3. The van der Waals surface area contributed by atoms with Gasteiger partial charge < -0.3 is 9.47 Å². The van der Waals surface area contributed by atoms with Crippen molar-refractivity contribution in [3.8, 4) is 0 Å². The molecule has 4 aromatic rings. The van der Waals surface area contributed by atoms with Crippen molar-refractivity contribution in [2.45, 2.75) is 56.0 Å². The Morgan fingerprint density at radius 1 is 0.708 bits per heavy atom. The monoisotopic (exact) mass is 620 g/mol. The molecule has 5 atom stereocenters. The van der Waals surface area contributed by atoms with Gasteiger partial charge in [-0.1, -0.05) is 128 Å². The Hall–Kier alpha value is -5.08. The van der Waals surface area contributed by atoms with E-state index in [1.807, 2.05) is 0 Å². The summed E-state index contributed by atoms with van der Waals surface area (Å²) in [5.41, 5.74) is 12.6. The molecule has 0 amide bonds. The summed E-state index contributed by atoms with van der Waals surface area (Å²) < 4.78 is 2.53. The summed E-state index contributed by atoms with van der Waals surface area (Å²) in [6.45, 7) is 0. The number of benzene rings is 3. The normalized spacial score (nSPS) is 27.0. The van der Waals surface area contributed by atoms with Crippen molar-refractivity contribution in [2.24, 2.45) is 5.92 Å². The van der Waals surface area contributed by atoms with E-state index in [1.165, 1.54) is 73.9 Å². The summed E-state index contributed by atoms with van der Waals surface area (Å²) in [4.78, 5) is 2.75. The van der Waals surface area contributed by atoms with Crippen LogP contribution in [0.3, 0.4) is 0 Å². The first kappa shape index (κ1) is 28.0. The van der Waals surface area contributed by atoms with E-state index in [0.29, 0.717) is 29.8 Å². The smallest absolute Gasteiger partial charge is 0.0587 e. The molecule has 10 rings (SSSR count). The molecule has 1 aromatic heterocycles. The highest BCUT2D eigenvalue weighted by Crippen LogP contribution is 2.52. The number of fused-ring (bicyclic) bond motifs is 8. The van der Waals surface area contributed by atoms with Gasteiger partial charge in [0.2, 0.25) is 0 Å². The van der Waals surface area contributed by atoms with Crippen LogP contribution >= 0.6 is 0 Å². The maximum absolute atomic E-state index is 2.75. The van der Waals surface area contributed by atoms with E-state index in [1.54, 1.807) is 0 Å². The van der Waals surface area contributed by atoms with E-state index in [2.05, 4.69) is 161 Å². The largest absolute Gasteiger partial charge is 0.357 e. The Kier molecular flexibility index (Phi) is 6.57. The summed E-state index contributed by atoms with van der Waals surface area (Å²) >= 11 is 0. The molecule has 1 aliphatic heterocycles. The molecule has 0 spiro atoms. The summed E-state index contributed by atoms with van der Waals surface area (Å²) in [7, 11) is 0. The lowest BCUT2D eigenvalue weighted by molar-refractivity contribution is 0.608. The zero-order valence-corrected chi connectivity index (χ0v) is 27.3. The van der Waals surface area contributed by atoms with Crippen LogP contribution in [-0.2, 0) is 0 Å². The Balaban J connectivity index is 1.09. The van der Waals surface area contributed by atoms with Crippen molar-refractivity contribution < 1.29 is 0 Å². The summed E-state index contributed by atoms with van der Waals surface area (Å²) in [5, 5.41) is 2.77. The topological polar surface area (TPSA) is 8.17 Å². The van der Waals surface area contributed by atoms with Crippen molar-refractivity contribution in [2.75, 3.05) is 4.90 Å². The fraction of sp³-hybridized carbons (Fsp3) is 0.217. The van der Waals surface area contributed by atoms with Crippen molar-refractivity contribution in [3.63, 3.8) is 0 Å². The molecule has 2 heterocycles. The van der Waals surface area contributed by atoms with E-state index < -0.39 is 0 Å². The molecule has 3 aromatic carbocycles. The van der Waals surface area contributed by atoms with Gasteiger partial charge in [-0.3, -0.25) is 0 Å². The van der Waals surface area contributed by atoms with Gasteiger partial charge >= 0.3 is 0 Å². The molecule has 2 heteroatoms. The molecule has 0 N–H and O–H groups in total. The number of rotatable bonds is 4. The van der Waals surface area contributed by atoms with Crippen molar-refractivity contribution in [3.05, 3.63) is 180 Å². The molecule has 0 fully saturated rings. The van der Waals surface area contributed by atoms with Gasteiger partial charge in [-0.05, 0) is 84.2 Å². The Morgan fingerprint density at radius 2 is 1.58 bits per heavy atom. The minimum absolute atomic E-state index is 0.306. The van der Waals surface area contributed by atoms with Gasteiger partial charge in [0.1, 0.15) is 0 Å². The van der Waals surface area contributed by atoms with Crippen LogP contribution < -0.4 is 4.90 Å². The molecule has 0 radical (unpaired) electrons. The maximum atomic E-state index is 2.75. The van der Waals surface area contributed by atoms with Crippen LogP contribution in [0.5, 0.6) is 0 Å². The molecule has 6 aliphatic rings. The second-order valence-electron chi connectivity index (χ2n) is 14.2. The van der Waals surface area contributed by atoms with Crippen LogP contribution in [0.15, 0.2) is 169 Å². The molecule has 48 heavy (non-hydrogen) atoms. The van der Waals surface area contributed by atoms with Gasteiger partial charge in [0.25, 0.3) is 0 Å². The van der Waals surface area contributed by atoms with E-state index in [-0.39, 0.29) is 0 Å². The van der Waals surface area contributed by atoms with Crippen LogP contribution in [0.25, 0.3) is 27.5 Å². The molecule has 5 aliphatic carbocycles. The van der Waals surface area contributed by atoms with Crippen LogP contribution in [0.1, 0.15) is 55.1 Å². The van der Waals surface area contributed by atoms with E-state index in [4.69, 9.17) is 0 Å². The first-order valence-corrected chi connectivity index (χ1v) is 17.9. The summed E-state index contributed by atoms with van der Waals surface area (Å²) in [6.07, 6.45) is 39.0. The lowest BCUT2D eigenvalue weighted by Gasteiger charge is -2.36. The molecule has 0 saturated carbocycles. The number of aromatic nitrogens is 1.